The maximum atomic E-state index is 11.8. The van der Waals surface area contributed by atoms with E-state index in [-0.39, 0.29) is 10.9 Å². The van der Waals surface area contributed by atoms with Gasteiger partial charge in [-0.15, -0.1) is 0 Å². The van der Waals surface area contributed by atoms with E-state index >= 15 is 0 Å². The molecule has 0 spiro atoms. The number of nitrogens with one attached hydrogen (secondary N) is 1. The van der Waals surface area contributed by atoms with E-state index in [1.165, 1.54) is 11.0 Å². The van der Waals surface area contributed by atoms with Crippen molar-refractivity contribution in [2.75, 3.05) is 5.32 Å². The average molecular weight is 227 g/mol. The lowest BCUT2D eigenvalue weighted by atomic mass is 9.92. The van der Waals surface area contributed by atoms with Crippen LogP contribution < -0.4 is 11.1 Å². The number of amides is 1. The van der Waals surface area contributed by atoms with Crippen molar-refractivity contribution in [1.82, 2.24) is 14.8 Å². The summed E-state index contributed by atoms with van der Waals surface area (Å²) in [6.07, 6.45) is 1.35. The van der Waals surface area contributed by atoms with E-state index in [2.05, 4.69) is 15.4 Å². The summed E-state index contributed by atoms with van der Waals surface area (Å²) < 4.78 is 1.45. The van der Waals surface area contributed by atoms with Crippen LogP contribution in [0.5, 0.6) is 0 Å². The molecule has 1 rings (SSSR count). The molecular weight excluding hydrogens is 214 g/mol. The summed E-state index contributed by atoms with van der Waals surface area (Å²) in [7, 11) is 1.68. The zero-order valence-corrected chi connectivity index (χ0v) is 9.63. The van der Waals surface area contributed by atoms with E-state index in [9.17, 15) is 4.79 Å². The fourth-order valence-corrected chi connectivity index (χ4v) is 0.872. The molecule has 0 saturated carbocycles. The van der Waals surface area contributed by atoms with Gasteiger partial charge in [0.15, 0.2) is 0 Å². The Labute approximate surface area is 92.9 Å². The molecule has 1 aromatic rings. The molecule has 0 bridgehead atoms. The van der Waals surface area contributed by atoms with Crippen LogP contribution in [0.3, 0.4) is 0 Å². The first kappa shape index (κ1) is 11.6. The van der Waals surface area contributed by atoms with Crippen LogP contribution in [0.25, 0.3) is 0 Å². The first-order valence-corrected chi connectivity index (χ1v) is 4.72. The molecule has 0 radical (unpaired) electrons. The van der Waals surface area contributed by atoms with E-state index in [0.717, 1.165) is 0 Å². The Morgan fingerprint density at radius 2 is 2.27 bits per heavy atom. The summed E-state index contributed by atoms with van der Waals surface area (Å²) in [6, 6.07) is 0. The Bertz CT molecular complexity index is 397. The number of aromatic nitrogens is 3. The Morgan fingerprint density at radius 1 is 1.67 bits per heavy atom. The van der Waals surface area contributed by atoms with Crippen molar-refractivity contribution in [3.05, 3.63) is 6.33 Å². The van der Waals surface area contributed by atoms with Crippen molar-refractivity contribution in [1.29, 1.82) is 0 Å². The highest BCUT2D eigenvalue weighted by molar-refractivity contribution is 7.80. The predicted octanol–water partition coefficient (Wildman–Crippen LogP) is 0.0659. The highest BCUT2D eigenvalue weighted by Crippen LogP contribution is 2.17. The Balaban J connectivity index is 2.81. The van der Waals surface area contributed by atoms with E-state index < -0.39 is 5.41 Å². The van der Waals surface area contributed by atoms with Crippen LogP contribution in [-0.4, -0.2) is 25.7 Å². The van der Waals surface area contributed by atoms with Gasteiger partial charge in [-0.1, -0.05) is 12.2 Å². The molecule has 0 atom stereocenters. The third-order valence-electron chi connectivity index (χ3n) is 2.12. The second-order valence-corrected chi connectivity index (χ2v) is 4.09. The van der Waals surface area contributed by atoms with Crippen LogP contribution in [0.4, 0.5) is 5.95 Å². The highest BCUT2D eigenvalue weighted by Gasteiger charge is 2.31. The molecule has 82 valence electrons. The number of carbonyl (C=O) groups excluding carboxylic acids is 1. The minimum atomic E-state index is -0.902. The minimum Gasteiger partial charge on any atom is -0.392 e. The molecule has 3 N–H and O–H groups in total. The summed E-state index contributed by atoms with van der Waals surface area (Å²) in [6.45, 7) is 3.31. The zero-order chi connectivity index (χ0) is 11.6. The van der Waals surface area contributed by atoms with Gasteiger partial charge in [0.2, 0.25) is 11.9 Å². The summed E-state index contributed by atoms with van der Waals surface area (Å²) in [5.41, 5.74) is 4.56. The lowest BCUT2D eigenvalue weighted by Crippen LogP contribution is -2.41. The van der Waals surface area contributed by atoms with E-state index in [1.54, 1.807) is 20.9 Å². The van der Waals surface area contributed by atoms with E-state index in [1.807, 2.05) is 0 Å². The molecule has 0 saturated heterocycles. The van der Waals surface area contributed by atoms with Gasteiger partial charge in [0.25, 0.3) is 0 Å². The highest BCUT2D eigenvalue weighted by atomic mass is 32.1. The van der Waals surface area contributed by atoms with Crippen molar-refractivity contribution in [3.63, 3.8) is 0 Å². The molecule has 0 aliphatic carbocycles. The van der Waals surface area contributed by atoms with Gasteiger partial charge in [0.1, 0.15) is 6.33 Å². The van der Waals surface area contributed by atoms with Gasteiger partial charge in [-0.25, -0.2) is 4.68 Å². The molecule has 6 nitrogen and oxygen atoms in total. The molecule has 0 unspecified atom stereocenters. The third-order valence-corrected chi connectivity index (χ3v) is 2.63. The number of rotatable bonds is 3. The Morgan fingerprint density at radius 3 is 2.67 bits per heavy atom. The van der Waals surface area contributed by atoms with Crippen LogP contribution in [0, 0.1) is 5.41 Å². The van der Waals surface area contributed by atoms with E-state index in [0.29, 0.717) is 5.95 Å². The van der Waals surface area contributed by atoms with Crippen molar-refractivity contribution in [2.24, 2.45) is 18.2 Å². The molecule has 0 aliphatic rings. The normalized spacial score (nSPS) is 11.1. The van der Waals surface area contributed by atoms with Gasteiger partial charge in [0.05, 0.1) is 10.4 Å². The molecular formula is C8H13N5OS. The summed E-state index contributed by atoms with van der Waals surface area (Å²) in [4.78, 5) is 15.8. The quantitative estimate of drug-likeness (QED) is 0.713. The molecule has 15 heavy (non-hydrogen) atoms. The molecule has 1 heterocycles. The maximum Gasteiger partial charge on any atom is 0.239 e. The van der Waals surface area contributed by atoms with Gasteiger partial charge in [-0.2, -0.15) is 10.1 Å². The van der Waals surface area contributed by atoms with Crippen LogP contribution in [0.2, 0.25) is 0 Å². The van der Waals surface area contributed by atoms with Gasteiger partial charge in [-0.05, 0) is 13.8 Å². The summed E-state index contributed by atoms with van der Waals surface area (Å²) >= 11 is 4.81. The van der Waals surface area contributed by atoms with Gasteiger partial charge in [0, 0.05) is 7.05 Å². The van der Waals surface area contributed by atoms with Crippen LogP contribution >= 0.6 is 12.2 Å². The van der Waals surface area contributed by atoms with Crippen molar-refractivity contribution < 1.29 is 4.79 Å². The number of anilines is 1. The Hall–Kier alpha value is -1.50. The average Bonchev–Trinajstić information content (AvgIpc) is 2.51. The minimum absolute atomic E-state index is 0.141. The fraction of sp³-hybridized carbons (Fsp3) is 0.500. The smallest absolute Gasteiger partial charge is 0.239 e. The number of aryl methyl sites for hydroxylation is 1. The number of nitrogens with two attached hydrogens (primary N) is 1. The molecule has 0 aromatic carbocycles. The van der Waals surface area contributed by atoms with Gasteiger partial charge in [-0.3, -0.25) is 10.1 Å². The number of thiocarbonyl (C=S) groups is 1. The summed E-state index contributed by atoms with van der Waals surface area (Å²) in [5, 5.41) is 6.42. The number of nitrogens with zero attached hydrogens (tertiary/aromatic N) is 3. The molecule has 0 aliphatic heterocycles. The molecule has 1 aromatic heterocycles. The number of hydrogen-bond donors (Lipinski definition) is 2. The van der Waals surface area contributed by atoms with E-state index in [4.69, 9.17) is 18.0 Å². The Kier molecular flexibility index (Phi) is 3.04. The van der Waals surface area contributed by atoms with Crippen molar-refractivity contribution in [3.8, 4) is 0 Å². The molecule has 1 amide bonds. The standard InChI is InChI=1S/C8H13N5OS/c1-8(2,5(9)15)6(14)12-7-10-4-11-13(7)3/h4H,1-3H3,(H2,9,15)(H,10,11,12,14). The van der Waals surface area contributed by atoms with Gasteiger partial charge >= 0.3 is 0 Å². The SMILES string of the molecule is Cn1ncnc1NC(=O)C(C)(C)C(N)=S. The molecule has 7 heteroatoms. The second kappa shape index (κ2) is 3.93. The predicted molar refractivity (Wildman–Crippen MR) is 60.2 cm³/mol. The third kappa shape index (κ3) is 2.30. The lowest BCUT2D eigenvalue weighted by Gasteiger charge is -2.21. The zero-order valence-electron chi connectivity index (χ0n) is 8.81. The maximum absolute atomic E-state index is 11.8. The summed E-state index contributed by atoms with van der Waals surface area (Å²) in [5.74, 6) is 0.0652. The van der Waals surface area contributed by atoms with Crippen LogP contribution in [-0.2, 0) is 11.8 Å². The van der Waals surface area contributed by atoms with Crippen molar-refractivity contribution >= 4 is 29.1 Å². The number of hydrogen-bond acceptors (Lipinski definition) is 4. The van der Waals surface area contributed by atoms with Crippen LogP contribution in [0.15, 0.2) is 6.33 Å². The topological polar surface area (TPSA) is 85.8 Å². The fourth-order valence-electron chi connectivity index (χ4n) is 0.779. The number of carbonyl (C=O) groups is 1. The monoisotopic (exact) mass is 227 g/mol. The largest absolute Gasteiger partial charge is 0.392 e. The van der Waals surface area contributed by atoms with Crippen molar-refractivity contribution in [2.45, 2.75) is 13.8 Å². The van der Waals surface area contributed by atoms with Gasteiger partial charge < -0.3 is 5.73 Å². The first-order chi connectivity index (χ1) is 6.85. The molecule has 0 fully saturated rings. The lowest BCUT2D eigenvalue weighted by molar-refractivity contribution is -0.121. The second-order valence-electron chi connectivity index (χ2n) is 3.65. The first-order valence-electron chi connectivity index (χ1n) is 4.31. The van der Waals surface area contributed by atoms with Crippen LogP contribution in [0.1, 0.15) is 13.8 Å².